The van der Waals surface area contributed by atoms with Crippen LogP contribution in [0.5, 0.6) is 5.88 Å². The van der Waals surface area contributed by atoms with Crippen LogP contribution in [-0.4, -0.2) is 69.1 Å². The van der Waals surface area contributed by atoms with E-state index in [0.29, 0.717) is 10.9 Å². The third-order valence-electron chi connectivity index (χ3n) is 3.38. The Labute approximate surface area is 138 Å². The zero-order valence-corrected chi connectivity index (χ0v) is 13.8. The summed E-state index contributed by atoms with van der Waals surface area (Å²) in [6.07, 6.45) is 0. The number of benzene rings is 1. The van der Waals surface area contributed by atoms with Gasteiger partial charge in [0.15, 0.2) is 5.69 Å². The van der Waals surface area contributed by atoms with Crippen LogP contribution < -0.4 is 5.56 Å². The van der Waals surface area contributed by atoms with E-state index in [9.17, 15) is 15.1 Å². The van der Waals surface area contributed by atoms with E-state index in [1.54, 1.807) is 30.3 Å². The van der Waals surface area contributed by atoms with Crippen molar-refractivity contribution < 1.29 is 19.9 Å². The lowest BCUT2D eigenvalue weighted by Gasteiger charge is -2.21. The monoisotopic (exact) mass is 333 g/mol. The largest absolute Gasteiger partial charge is 0.491 e. The lowest BCUT2D eigenvalue weighted by molar-refractivity contribution is -0.870. The van der Waals surface area contributed by atoms with E-state index < -0.39 is 11.4 Å². The number of aliphatic hydroxyl groups is 1. The maximum absolute atomic E-state index is 11.5. The van der Waals surface area contributed by atoms with Crippen molar-refractivity contribution >= 4 is 10.9 Å². The van der Waals surface area contributed by atoms with Crippen LogP contribution in [0.25, 0.3) is 22.2 Å². The Hall–Kier alpha value is -2.71. The first-order valence-corrected chi connectivity index (χ1v) is 7.35. The number of aliphatic hydroxyl groups excluding tert-OH is 1. The molecule has 2 aliphatic rings. The Morgan fingerprint density at radius 3 is 2.42 bits per heavy atom. The number of likely N-dealkylation sites (N-methyl/N-ethyl adjacent to an activating group) is 1. The molecule has 3 rings (SSSR count). The predicted molar refractivity (Wildman–Crippen MR) is 89.3 cm³/mol. The SMILES string of the molecule is C[N+](C)(C)CCO.O=c1nnc(O)c2n(O)c3ccccc3cc1-2. The molecule has 24 heavy (non-hydrogen) atoms. The summed E-state index contributed by atoms with van der Waals surface area (Å²) in [7, 11) is 6.16. The molecule has 0 unspecified atom stereocenters. The molecule has 0 spiro atoms. The van der Waals surface area contributed by atoms with E-state index in [1.807, 2.05) is 0 Å². The van der Waals surface area contributed by atoms with Crippen LogP contribution in [-0.2, 0) is 0 Å². The van der Waals surface area contributed by atoms with Crippen molar-refractivity contribution in [2.24, 2.45) is 0 Å². The van der Waals surface area contributed by atoms with E-state index >= 15 is 0 Å². The molecule has 8 nitrogen and oxygen atoms in total. The summed E-state index contributed by atoms with van der Waals surface area (Å²) < 4.78 is 1.59. The number of hydrogen-bond acceptors (Lipinski definition) is 6. The molecule has 0 aromatic heterocycles. The Balaban J connectivity index is 0.000000256. The molecule has 3 N–H and O–H groups in total. The van der Waals surface area contributed by atoms with Gasteiger partial charge in [-0.15, -0.1) is 10.2 Å². The smallest absolute Gasteiger partial charge is 0.298 e. The summed E-state index contributed by atoms with van der Waals surface area (Å²) in [5, 5.41) is 35.1. The highest BCUT2D eigenvalue weighted by molar-refractivity contribution is 5.86. The highest BCUT2D eigenvalue weighted by Gasteiger charge is 2.19. The molecule has 0 amide bonds. The first kappa shape index (κ1) is 17.6. The summed E-state index contributed by atoms with van der Waals surface area (Å²) in [6.45, 7) is 1.11. The summed E-state index contributed by atoms with van der Waals surface area (Å²) in [6, 6.07) is 8.50. The van der Waals surface area contributed by atoms with E-state index in [-0.39, 0.29) is 17.9 Å². The topological polar surface area (TPSA) is 108 Å². The van der Waals surface area contributed by atoms with Crippen molar-refractivity contribution in [2.45, 2.75) is 0 Å². The summed E-state index contributed by atoms with van der Waals surface area (Å²) in [4.78, 5) is 11.5. The average molecular weight is 333 g/mol. The quantitative estimate of drug-likeness (QED) is 0.358. The molecule has 1 aromatic carbocycles. The number of para-hydroxylation sites is 1. The van der Waals surface area contributed by atoms with Gasteiger partial charge in [-0.1, -0.05) is 18.2 Å². The fourth-order valence-electron chi connectivity index (χ4n) is 2.13. The molecule has 2 heterocycles. The minimum Gasteiger partial charge on any atom is -0.491 e. The molecule has 0 saturated carbocycles. The maximum atomic E-state index is 11.5. The first-order chi connectivity index (χ1) is 11.2. The van der Waals surface area contributed by atoms with Gasteiger partial charge in [0, 0.05) is 5.39 Å². The van der Waals surface area contributed by atoms with Gasteiger partial charge in [-0.3, -0.25) is 4.79 Å². The summed E-state index contributed by atoms with van der Waals surface area (Å²) >= 11 is 0. The van der Waals surface area contributed by atoms with E-state index in [0.717, 1.165) is 15.8 Å². The van der Waals surface area contributed by atoms with Crippen molar-refractivity contribution in [3.8, 4) is 17.1 Å². The molecule has 1 aromatic rings. The lowest BCUT2D eigenvalue weighted by Crippen LogP contribution is -2.36. The van der Waals surface area contributed by atoms with Crippen molar-refractivity contribution in [3.05, 3.63) is 40.7 Å². The van der Waals surface area contributed by atoms with Crippen LogP contribution in [0.2, 0.25) is 0 Å². The fourth-order valence-corrected chi connectivity index (χ4v) is 2.13. The third kappa shape index (κ3) is 3.79. The van der Waals surface area contributed by atoms with Gasteiger partial charge in [0.25, 0.3) is 11.4 Å². The number of hydrogen-bond donors (Lipinski definition) is 3. The van der Waals surface area contributed by atoms with Gasteiger partial charge in [0.05, 0.1) is 38.8 Å². The third-order valence-corrected chi connectivity index (χ3v) is 3.38. The highest BCUT2D eigenvalue weighted by atomic mass is 16.5. The van der Waals surface area contributed by atoms with Crippen molar-refractivity contribution in [1.82, 2.24) is 14.9 Å². The number of pyridine rings is 1. The standard InChI is InChI=1S/C11H7N3O3.C5H14NO/c15-10-7-5-6-3-1-2-4-8(6)14(17)9(7)11(16)13-12-10;1-6(2,3)4-5-7/h1-5,16-17H;7H,4-5H2,1-3H3/q;+1. The second-order valence-electron chi connectivity index (χ2n) is 6.34. The minimum absolute atomic E-state index is 0.0382. The van der Waals surface area contributed by atoms with Crippen molar-refractivity contribution in [3.63, 3.8) is 0 Å². The number of quaternary nitrogens is 1. The second kappa shape index (κ2) is 6.81. The minimum atomic E-state index is -0.591. The predicted octanol–water partition coefficient (Wildman–Crippen LogP) is 0.524. The molecular weight excluding hydrogens is 312 g/mol. The molecule has 8 heteroatoms. The summed E-state index contributed by atoms with van der Waals surface area (Å²) in [5.41, 5.74) is -0.0311. The van der Waals surface area contributed by atoms with Gasteiger partial charge >= 0.3 is 0 Å². The molecule has 0 atom stereocenters. The lowest BCUT2D eigenvalue weighted by atomic mass is 10.1. The number of fused-ring (bicyclic) bond motifs is 2. The van der Waals surface area contributed by atoms with Crippen LogP contribution >= 0.6 is 0 Å². The van der Waals surface area contributed by atoms with E-state index in [2.05, 4.69) is 31.3 Å². The van der Waals surface area contributed by atoms with Gasteiger partial charge in [-0.05, 0) is 12.1 Å². The second-order valence-corrected chi connectivity index (χ2v) is 6.34. The zero-order valence-electron chi connectivity index (χ0n) is 13.8. The summed E-state index contributed by atoms with van der Waals surface area (Å²) in [5.74, 6) is -0.479. The molecular formula is C16H21N4O4+. The number of nitrogens with zero attached hydrogens (tertiary/aromatic N) is 4. The molecule has 0 fully saturated rings. The van der Waals surface area contributed by atoms with Gasteiger partial charge in [-0.2, -0.15) is 4.73 Å². The molecule has 128 valence electrons. The van der Waals surface area contributed by atoms with Crippen LogP contribution in [0.3, 0.4) is 0 Å². The van der Waals surface area contributed by atoms with E-state index in [4.69, 9.17) is 5.11 Å². The van der Waals surface area contributed by atoms with Crippen LogP contribution in [0.15, 0.2) is 35.1 Å². The van der Waals surface area contributed by atoms with Gasteiger partial charge in [0.2, 0.25) is 0 Å². The van der Waals surface area contributed by atoms with Crippen LogP contribution in [0, 0.1) is 0 Å². The maximum Gasteiger partial charge on any atom is 0.298 e. The van der Waals surface area contributed by atoms with Gasteiger partial charge < -0.3 is 19.9 Å². The molecule has 0 saturated heterocycles. The number of aromatic nitrogens is 3. The van der Waals surface area contributed by atoms with Crippen LogP contribution in [0.1, 0.15) is 0 Å². The van der Waals surface area contributed by atoms with Gasteiger partial charge in [-0.25, -0.2) is 0 Å². The Kier molecular flexibility index (Phi) is 5.01. The Morgan fingerprint density at radius 2 is 1.83 bits per heavy atom. The highest BCUT2D eigenvalue weighted by Crippen LogP contribution is 2.29. The Bertz CT molecular complexity index is 870. The molecule has 0 radical (unpaired) electrons. The number of aromatic hydroxyl groups is 1. The normalized spacial score (nSPS) is 11.3. The Morgan fingerprint density at radius 1 is 1.17 bits per heavy atom. The van der Waals surface area contributed by atoms with Crippen molar-refractivity contribution in [1.29, 1.82) is 0 Å². The zero-order chi connectivity index (χ0) is 17.9. The molecule has 0 bridgehead atoms. The molecule has 0 aliphatic carbocycles. The first-order valence-electron chi connectivity index (χ1n) is 7.35. The van der Waals surface area contributed by atoms with Gasteiger partial charge in [0.1, 0.15) is 6.54 Å². The van der Waals surface area contributed by atoms with Crippen LogP contribution in [0.4, 0.5) is 0 Å². The fraction of sp³-hybridized carbons (Fsp3) is 0.312. The average Bonchev–Trinajstić information content (AvgIpc) is 2.51. The number of rotatable bonds is 2. The van der Waals surface area contributed by atoms with E-state index in [1.165, 1.54) is 0 Å². The molecule has 2 aliphatic heterocycles. The van der Waals surface area contributed by atoms with Crippen molar-refractivity contribution in [2.75, 3.05) is 34.3 Å².